The summed E-state index contributed by atoms with van der Waals surface area (Å²) in [6.45, 7) is 4.45. The number of nitrogens with two attached hydrogens (primary N) is 1. The summed E-state index contributed by atoms with van der Waals surface area (Å²) < 4.78 is 0. The highest BCUT2D eigenvalue weighted by molar-refractivity contribution is 5.99. The molecule has 0 unspecified atom stereocenters. The number of hydrogen-bond donors (Lipinski definition) is 1. The van der Waals surface area contributed by atoms with Gasteiger partial charge in [0.15, 0.2) is 5.78 Å². The first-order chi connectivity index (χ1) is 9.13. The maximum absolute atomic E-state index is 11.4. The minimum absolute atomic E-state index is 0.00758. The summed E-state index contributed by atoms with van der Waals surface area (Å²) in [5.74, 6) is -0.00758. The molecule has 0 saturated heterocycles. The van der Waals surface area contributed by atoms with Gasteiger partial charge in [-0.05, 0) is 44.2 Å². The Morgan fingerprint density at radius 1 is 1.11 bits per heavy atom. The van der Waals surface area contributed by atoms with Gasteiger partial charge in [-0.25, -0.2) is 0 Å². The lowest BCUT2D eigenvalue weighted by molar-refractivity contribution is 0.101. The topological polar surface area (TPSA) is 46.3 Å². The standard InChI is InChI=1S/C16H18N2O/c1-3-18(13-7-5-4-6-8-13)14-9-10-15(12(2)19)16(17)11-14/h4-11H,3,17H2,1-2H3. The van der Waals surface area contributed by atoms with Crippen molar-refractivity contribution in [3.63, 3.8) is 0 Å². The van der Waals surface area contributed by atoms with Crippen LogP contribution in [-0.2, 0) is 0 Å². The lowest BCUT2D eigenvalue weighted by Crippen LogP contribution is -2.16. The molecule has 0 saturated carbocycles. The molecule has 2 N–H and O–H groups in total. The Morgan fingerprint density at radius 2 is 1.79 bits per heavy atom. The molecule has 0 bridgehead atoms. The van der Waals surface area contributed by atoms with Crippen LogP contribution in [0.3, 0.4) is 0 Å². The second-order valence-corrected chi connectivity index (χ2v) is 4.41. The van der Waals surface area contributed by atoms with Crippen molar-refractivity contribution in [1.82, 2.24) is 0 Å². The van der Waals surface area contributed by atoms with Crippen molar-refractivity contribution < 1.29 is 4.79 Å². The van der Waals surface area contributed by atoms with E-state index >= 15 is 0 Å². The Hall–Kier alpha value is -2.29. The average Bonchev–Trinajstić information content (AvgIpc) is 2.40. The molecule has 0 radical (unpaired) electrons. The molecule has 0 spiro atoms. The molecule has 0 heterocycles. The number of benzene rings is 2. The Bertz CT molecular complexity index is 579. The van der Waals surface area contributed by atoms with Crippen LogP contribution in [0.4, 0.5) is 17.1 Å². The Morgan fingerprint density at radius 3 is 2.32 bits per heavy atom. The fraction of sp³-hybridized carbons (Fsp3) is 0.188. The van der Waals surface area contributed by atoms with Gasteiger partial charge in [0.25, 0.3) is 0 Å². The zero-order valence-corrected chi connectivity index (χ0v) is 11.3. The fourth-order valence-corrected chi connectivity index (χ4v) is 2.16. The molecule has 3 nitrogen and oxygen atoms in total. The molecule has 0 fully saturated rings. The summed E-state index contributed by atoms with van der Waals surface area (Å²) in [6, 6.07) is 15.7. The lowest BCUT2D eigenvalue weighted by Gasteiger charge is -2.24. The first kappa shape index (κ1) is 13.1. The highest BCUT2D eigenvalue weighted by Gasteiger charge is 2.10. The molecule has 0 aliphatic heterocycles. The first-order valence-corrected chi connectivity index (χ1v) is 6.36. The van der Waals surface area contributed by atoms with Crippen LogP contribution in [-0.4, -0.2) is 12.3 Å². The number of rotatable bonds is 4. The van der Waals surface area contributed by atoms with Gasteiger partial charge in [-0.1, -0.05) is 18.2 Å². The maximum Gasteiger partial charge on any atom is 0.161 e. The minimum atomic E-state index is -0.00758. The number of nitrogens with zero attached hydrogens (tertiary/aromatic N) is 1. The van der Waals surface area contributed by atoms with Crippen molar-refractivity contribution in [2.45, 2.75) is 13.8 Å². The van der Waals surface area contributed by atoms with Crippen molar-refractivity contribution in [1.29, 1.82) is 0 Å². The lowest BCUT2D eigenvalue weighted by atomic mass is 10.1. The number of Topliss-reactive ketones (excluding diaryl/α,β-unsaturated/α-hetero) is 1. The molecule has 19 heavy (non-hydrogen) atoms. The van der Waals surface area contributed by atoms with Gasteiger partial charge < -0.3 is 10.6 Å². The van der Waals surface area contributed by atoms with E-state index in [9.17, 15) is 4.79 Å². The normalized spacial score (nSPS) is 10.2. The summed E-state index contributed by atoms with van der Waals surface area (Å²) >= 11 is 0. The molecule has 2 aromatic rings. The van der Waals surface area contributed by atoms with E-state index in [1.54, 1.807) is 6.07 Å². The van der Waals surface area contributed by atoms with Crippen molar-refractivity contribution in [3.05, 3.63) is 54.1 Å². The van der Waals surface area contributed by atoms with Crippen LogP contribution in [0.25, 0.3) is 0 Å². The molecule has 0 aliphatic rings. The van der Waals surface area contributed by atoms with Gasteiger partial charge in [0, 0.05) is 29.2 Å². The number of carbonyl (C=O) groups excluding carboxylic acids is 1. The van der Waals surface area contributed by atoms with Crippen molar-refractivity contribution in [2.24, 2.45) is 0 Å². The highest BCUT2D eigenvalue weighted by atomic mass is 16.1. The smallest absolute Gasteiger partial charge is 0.161 e. The van der Waals surface area contributed by atoms with E-state index in [1.165, 1.54) is 6.92 Å². The quantitative estimate of drug-likeness (QED) is 0.669. The van der Waals surface area contributed by atoms with Crippen LogP contribution < -0.4 is 10.6 Å². The third kappa shape index (κ3) is 2.76. The second-order valence-electron chi connectivity index (χ2n) is 4.41. The van der Waals surface area contributed by atoms with E-state index in [0.29, 0.717) is 11.3 Å². The molecule has 0 amide bonds. The minimum Gasteiger partial charge on any atom is -0.398 e. The number of hydrogen-bond acceptors (Lipinski definition) is 3. The average molecular weight is 254 g/mol. The number of anilines is 3. The first-order valence-electron chi connectivity index (χ1n) is 6.36. The molecule has 98 valence electrons. The van der Waals surface area contributed by atoms with Gasteiger partial charge in [-0.2, -0.15) is 0 Å². The monoisotopic (exact) mass is 254 g/mol. The van der Waals surface area contributed by atoms with E-state index < -0.39 is 0 Å². The van der Waals surface area contributed by atoms with Crippen molar-refractivity contribution in [3.8, 4) is 0 Å². The van der Waals surface area contributed by atoms with Gasteiger partial charge in [0.05, 0.1) is 0 Å². The molecule has 3 heteroatoms. The van der Waals surface area contributed by atoms with Gasteiger partial charge in [-0.3, -0.25) is 4.79 Å². The molecule has 2 aromatic carbocycles. The fourth-order valence-electron chi connectivity index (χ4n) is 2.16. The Labute approximate surface area is 113 Å². The van der Waals surface area contributed by atoms with E-state index in [4.69, 9.17) is 5.73 Å². The van der Waals surface area contributed by atoms with Crippen LogP contribution in [0.2, 0.25) is 0 Å². The Kier molecular flexibility index (Phi) is 3.85. The van der Waals surface area contributed by atoms with Crippen LogP contribution >= 0.6 is 0 Å². The largest absolute Gasteiger partial charge is 0.398 e. The molecular formula is C16H18N2O. The van der Waals surface area contributed by atoms with E-state index in [1.807, 2.05) is 30.3 Å². The number of para-hydroxylation sites is 1. The van der Waals surface area contributed by atoms with Crippen molar-refractivity contribution >= 4 is 22.8 Å². The van der Waals surface area contributed by atoms with Crippen LogP contribution in [0.5, 0.6) is 0 Å². The third-order valence-electron chi connectivity index (χ3n) is 3.11. The summed E-state index contributed by atoms with van der Waals surface area (Å²) in [5.41, 5.74) is 9.16. The summed E-state index contributed by atoms with van der Waals surface area (Å²) in [6.07, 6.45) is 0. The number of ketones is 1. The van der Waals surface area contributed by atoms with Gasteiger partial charge in [0.2, 0.25) is 0 Å². The van der Waals surface area contributed by atoms with Gasteiger partial charge >= 0.3 is 0 Å². The van der Waals surface area contributed by atoms with Gasteiger partial charge in [0.1, 0.15) is 0 Å². The second kappa shape index (κ2) is 5.57. The van der Waals surface area contributed by atoms with Crippen LogP contribution in [0, 0.1) is 0 Å². The SMILES string of the molecule is CCN(c1ccccc1)c1ccc(C(C)=O)c(N)c1. The summed E-state index contributed by atoms with van der Waals surface area (Å²) in [7, 11) is 0. The van der Waals surface area contributed by atoms with E-state index in [0.717, 1.165) is 17.9 Å². The predicted molar refractivity (Wildman–Crippen MR) is 80.0 cm³/mol. The van der Waals surface area contributed by atoms with Crippen molar-refractivity contribution in [2.75, 3.05) is 17.2 Å². The molecule has 0 atom stereocenters. The summed E-state index contributed by atoms with van der Waals surface area (Å²) in [5, 5.41) is 0. The predicted octanol–water partition coefficient (Wildman–Crippen LogP) is 3.63. The van der Waals surface area contributed by atoms with Crippen LogP contribution in [0.15, 0.2) is 48.5 Å². The Balaban J connectivity index is 2.40. The molecule has 0 aromatic heterocycles. The third-order valence-corrected chi connectivity index (χ3v) is 3.11. The zero-order valence-electron chi connectivity index (χ0n) is 11.3. The van der Waals surface area contributed by atoms with Gasteiger partial charge in [-0.15, -0.1) is 0 Å². The summed E-state index contributed by atoms with van der Waals surface area (Å²) in [4.78, 5) is 13.5. The zero-order chi connectivity index (χ0) is 13.8. The highest BCUT2D eigenvalue weighted by Crippen LogP contribution is 2.28. The maximum atomic E-state index is 11.4. The number of nitrogen functional groups attached to an aromatic ring is 1. The van der Waals surface area contributed by atoms with E-state index in [-0.39, 0.29) is 5.78 Å². The van der Waals surface area contributed by atoms with Crippen LogP contribution in [0.1, 0.15) is 24.2 Å². The number of carbonyl (C=O) groups is 1. The molecular weight excluding hydrogens is 236 g/mol. The molecule has 2 rings (SSSR count). The molecule has 0 aliphatic carbocycles. The van der Waals surface area contributed by atoms with E-state index in [2.05, 4.69) is 24.0 Å².